The normalized spacial score (nSPS) is 20.2. The fourth-order valence-corrected chi connectivity index (χ4v) is 2.38. The minimum absolute atomic E-state index is 0.0200. The van der Waals surface area contributed by atoms with Crippen molar-refractivity contribution in [1.29, 1.82) is 0 Å². The molecule has 1 aliphatic heterocycles. The maximum Gasteiger partial charge on any atom is 0.458 e. The van der Waals surface area contributed by atoms with Gasteiger partial charge in [-0.1, -0.05) is 29.4 Å². The smallest absolute Gasteiger partial charge is 0.458 e. The SMILES string of the molecule is CC(C)(C)Oc1ncc(-c2ccc(C3=NOC(O)(C(F)(F)F)C3)cc2)cn1. The fraction of sp³-hybridized carbons (Fsp3) is 0.389. The van der Waals surface area contributed by atoms with Crippen molar-refractivity contribution in [1.82, 2.24) is 9.97 Å². The zero-order valence-electron chi connectivity index (χ0n) is 14.9. The van der Waals surface area contributed by atoms with Crippen LogP contribution in [-0.2, 0) is 4.84 Å². The molecule has 9 heteroatoms. The van der Waals surface area contributed by atoms with Gasteiger partial charge in [0, 0.05) is 18.0 Å². The summed E-state index contributed by atoms with van der Waals surface area (Å²) in [5.74, 6) is -3.28. The van der Waals surface area contributed by atoms with Crippen molar-refractivity contribution in [3.8, 4) is 17.1 Å². The van der Waals surface area contributed by atoms with Gasteiger partial charge in [0.1, 0.15) is 5.60 Å². The van der Waals surface area contributed by atoms with Crippen molar-refractivity contribution in [2.24, 2.45) is 5.16 Å². The van der Waals surface area contributed by atoms with Gasteiger partial charge in [0.25, 0.3) is 0 Å². The summed E-state index contributed by atoms with van der Waals surface area (Å²) in [6, 6.07) is 6.85. The van der Waals surface area contributed by atoms with Crippen LogP contribution >= 0.6 is 0 Å². The van der Waals surface area contributed by atoms with Crippen molar-refractivity contribution in [3.05, 3.63) is 42.2 Å². The number of alkyl halides is 3. The van der Waals surface area contributed by atoms with Gasteiger partial charge in [-0.25, -0.2) is 9.97 Å². The molecule has 1 N–H and O–H groups in total. The van der Waals surface area contributed by atoms with Gasteiger partial charge in [-0.15, -0.1) is 0 Å². The molecule has 0 saturated heterocycles. The second-order valence-electron chi connectivity index (χ2n) is 7.13. The number of hydrogen-bond acceptors (Lipinski definition) is 6. The van der Waals surface area contributed by atoms with Gasteiger partial charge in [-0.2, -0.15) is 13.2 Å². The number of hydrogen-bond donors (Lipinski definition) is 1. The number of ether oxygens (including phenoxy) is 1. The van der Waals surface area contributed by atoms with Gasteiger partial charge in [-0.3, -0.25) is 0 Å². The van der Waals surface area contributed by atoms with Crippen LogP contribution in [0.25, 0.3) is 11.1 Å². The minimum Gasteiger partial charge on any atom is -0.458 e. The van der Waals surface area contributed by atoms with E-state index in [9.17, 15) is 18.3 Å². The standard InChI is InChI=1S/C18H18F3N3O3/c1-16(2,3)26-15-22-9-13(10-23-15)11-4-6-12(7-5-11)14-8-17(25,27-24-14)18(19,20)21/h4-7,9-10,25H,8H2,1-3H3. The average Bonchev–Trinajstić information content (AvgIpc) is 2.98. The number of rotatable bonds is 3. The second-order valence-corrected chi connectivity index (χ2v) is 7.13. The predicted molar refractivity (Wildman–Crippen MR) is 91.1 cm³/mol. The van der Waals surface area contributed by atoms with Gasteiger partial charge in [0.2, 0.25) is 0 Å². The lowest BCUT2D eigenvalue weighted by atomic mass is 10.00. The van der Waals surface area contributed by atoms with Crippen LogP contribution in [-0.4, -0.2) is 38.4 Å². The molecule has 3 rings (SSSR count). The van der Waals surface area contributed by atoms with Crippen LogP contribution in [0.1, 0.15) is 32.8 Å². The van der Waals surface area contributed by atoms with Crippen LogP contribution < -0.4 is 4.74 Å². The average molecular weight is 381 g/mol. The molecule has 0 amide bonds. The Morgan fingerprint density at radius 3 is 2.04 bits per heavy atom. The number of nitrogens with zero attached hydrogens (tertiary/aromatic N) is 3. The maximum absolute atomic E-state index is 12.8. The largest absolute Gasteiger partial charge is 0.458 e. The Labute approximate surface area is 153 Å². The van der Waals surface area contributed by atoms with E-state index in [1.54, 1.807) is 36.7 Å². The Balaban J connectivity index is 1.73. The summed E-state index contributed by atoms with van der Waals surface area (Å²) in [4.78, 5) is 12.5. The molecule has 27 heavy (non-hydrogen) atoms. The molecule has 144 valence electrons. The van der Waals surface area contributed by atoms with Crippen LogP contribution in [0, 0.1) is 0 Å². The van der Waals surface area contributed by atoms with Crippen molar-refractivity contribution < 1.29 is 27.9 Å². The third-order valence-electron chi connectivity index (χ3n) is 3.73. The highest BCUT2D eigenvalue weighted by atomic mass is 19.4. The first-order valence-corrected chi connectivity index (χ1v) is 8.13. The highest BCUT2D eigenvalue weighted by molar-refractivity contribution is 6.01. The number of oxime groups is 1. The molecule has 0 fully saturated rings. The van der Waals surface area contributed by atoms with Crippen LogP contribution in [0.2, 0.25) is 0 Å². The lowest BCUT2D eigenvalue weighted by Gasteiger charge is -2.22. The van der Waals surface area contributed by atoms with Crippen molar-refractivity contribution in [2.75, 3.05) is 0 Å². The first kappa shape index (κ1) is 19.1. The molecular formula is C18H18F3N3O3. The van der Waals surface area contributed by atoms with Gasteiger partial charge in [0.05, 0.1) is 12.1 Å². The molecular weight excluding hydrogens is 363 g/mol. The van der Waals surface area contributed by atoms with E-state index in [0.717, 1.165) is 11.1 Å². The molecule has 1 aromatic heterocycles. The minimum atomic E-state index is -4.92. The van der Waals surface area contributed by atoms with Crippen molar-refractivity contribution >= 4 is 5.71 Å². The molecule has 1 atom stereocenters. The van der Waals surface area contributed by atoms with E-state index >= 15 is 0 Å². The van der Waals surface area contributed by atoms with Crippen molar-refractivity contribution in [3.63, 3.8) is 0 Å². The van der Waals surface area contributed by atoms with Gasteiger partial charge < -0.3 is 14.7 Å². The summed E-state index contributed by atoms with van der Waals surface area (Å²) >= 11 is 0. The summed E-state index contributed by atoms with van der Waals surface area (Å²) < 4.78 is 43.9. The third kappa shape index (κ3) is 4.19. The molecule has 0 saturated carbocycles. The molecule has 2 aromatic rings. The zero-order valence-corrected chi connectivity index (χ0v) is 14.9. The van der Waals surface area contributed by atoms with E-state index in [4.69, 9.17) is 4.74 Å². The Morgan fingerprint density at radius 2 is 1.56 bits per heavy atom. The van der Waals surface area contributed by atoms with Gasteiger partial charge >= 0.3 is 18.0 Å². The summed E-state index contributed by atoms with van der Waals surface area (Å²) in [5.41, 5.74) is 1.52. The molecule has 6 nitrogen and oxygen atoms in total. The van der Waals surface area contributed by atoms with E-state index < -0.39 is 24.0 Å². The monoisotopic (exact) mass is 381 g/mol. The zero-order chi connectivity index (χ0) is 19.9. The molecule has 1 unspecified atom stereocenters. The summed E-state index contributed by atoms with van der Waals surface area (Å²) in [5, 5.41) is 12.9. The number of aliphatic hydroxyl groups is 1. The van der Waals surface area contributed by atoms with Crippen LogP contribution in [0.4, 0.5) is 13.2 Å². The first-order valence-electron chi connectivity index (χ1n) is 8.13. The summed E-state index contributed by atoms with van der Waals surface area (Å²) in [7, 11) is 0. The Kier molecular flexibility index (Phi) is 4.59. The van der Waals surface area contributed by atoms with Crippen molar-refractivity contribution in [2.45, 2.75) is 44.8 Å². The van der Waals surface area contributed by atoms with Crippen LogP contribution in [0.15, 0.2) is 41.8 Å². The highest BCUT2D eigenvalue weighted by Crippen LogP contribution is 2.39. The number of halogens is 3. The Morgan fingerprint density at radius 1 is 1.00 bits per heavy atom. The molecule has 0 aliphatic carbocycles. The molecule has 1 aliphatic rings. The van der Waals surface area contributed by atoms with Crippen LogP contribution in [0.5, 0.6) is 6.01 Å². The van der Waals surface area contributed by atoms with E-state index in [1.807, 2.05) is 20.8 Å². The fourth-order valence-electron chi connectivity index (χ4n) is 2.38. The molecule has 0 spiro atoms. The molecule has 1 aromatic carbocycles. The molecule has 0 bridgehead atoms. The highest BCUT2D eigenvalue weighted by Gasteiger charge is 2.60. The third-order valence-corrected chi connectivity index (χ3v) is 3.73. The maximum atomic E-state index is 12.8. The second kappa shape index (κ2) is 6.49. The lowest BCUT2D eigenvalue weighted by molar-refractivity contribution is -0.355. The Bertz CT molecular complexity index is 843. The Hall–Kier alpha value is -2.68. The van der Waals surface area contributed by atoms with Gasteiger partial charge in [-0.05, 0) is 31.9 Å². The quantitative estimate of drug-likeness (QED) is 0.877. The lowest BCUT2D eigenvalue weighted by Crippen LogP contribution is -2.45. The van der Waals surface area contributed by atoms with E-state index in [-0.39, 0.29) is 11.7 Å². The topological polar surface area (TPSA) is 76.8 Å². The number of benzene rings is 1. The molecule has 2 heterocycles. The van der Waals surface area contributed by atoms with E-state index in [0.29, 0.717) is 5.56 Å². The first-order chi connectivity index (χ1) is 12.5. The van der Waals surface area contributed by atoms with E-state index in [2.05, 4.69) is 20.0 Å². The van der Waals surface area contributed by atoms with Crippen LogP contribution in [0.3, 0.4) is 0 Å². The molecule has 0 radical (unpaired) electrons. The van der Waals surface area contributed by atoms with Gasteiger partial charge in [0.15, 0.2) is 0 Å². The summed E-state index contributed by atoms with van der Waals surface area (Å²) in [6.07, 6.45) is -2.49. The summed E-state index contributed by atoms with van der Waals surface area (Å²) in [6.45, 7) is 5.66. The number of aromatic nitrogens is 2. The predicted octanol–water partition coefficient (Wildman–Crippen LogP) is 3.70. The van der Waals surface area contributed by atoms with E-state index in [1.165, 1.54) is 0 Å².